The average Bonchev–Trinajstić information content (AvgIpc) is 2.84. The van der Waals surface area contributed by atoms with Crippen LogP contribution >= 0.6 is 0 Å². The zero-order valence-corrected chi connectivity index (χ0v) is 17.7. The van der Waals surface area contributed by atoms with Gasteiger partial charge in [0.25, 0.3) is 0 Å². The maximum Gasteiger partial charge on any atom is 0.244 e. The van der Waals surface area contributed by atoms with Crippen molar-refractivity contribution >= 4 is 24.2 Å². The average molecular weight is 427 g/mol. The summed E-state index contributed by atoms with van der Waals surface area (Å²) >= 11 is 0. The second-order valence-electron chi connectivity index (χ2n) is 7.44. The maximum absolute atomic E-state index is 13.0. The van der Waals surface area contributed by atoms with Gasteiger partial charge in [0, 0.05) is 12.5 Å². The molecule has 0 heterocycles. The maximum atomic E-state index is 13.0. The minimum Gasteiger partial charge on any atom is -0.344 e. The Balaban J connectivity index is 1.69. The van der Waals surface area contributed by atoms with Crippen molar-refractivity contribution in [2.75, 3.05) is 0 Å². The second kappa shape index (κ2) is 12.0. The van der Waals surface area contributed by atoms with Crippen molar-refractivity contribution < 1.29 is 14.4 Å². The largest absolute Gasteiger partial charge is 0.344 e. The molecule has 0 fully saturated rings. The van der Waals surface area contributed by atoms with E-state index in [4.69, 9.17) is 0 Å². The molecule has 0 saturated carbocycles. The number of nitrogens with one attached hydrogen (secondary N) is 2. The van der Waals surface area contributed by atoms with E-state index in [9.17, 15) is 14.4 Å². The van der Waals surface area contributed by atoms with E-state index in [0.717, 1.165) is 23.0 Å². The molecule has 0 aliphatic rings. The van der Waals surface area contributed by atoms with Crippen LogP contribution in [0, 0.1) is 0 Å². The standard InChI is InChI=1S/C27H26N2O3/c30-20-24(18-22-12-6-2-7-13-22)28-27(32)25(19-23-14-8-3-9-15-23)29-26(31)17-16-21-10-4-1-5-11-21/h1-17,20,24-25H,18-19H2,(H,28,32)(H,29,31). The molecule has 5 heteroatoms. The molecule has 0 saturated heterocycles. The monoisotopic (exact) mass is 426 g/mol. The minimum atomic E-state index is -0.816. The van der Waals surface area contributed by atoms with Gasteiger partial charge in [0.05, 0.1) is 6.04 Å². The van der Waals surface area contributed by atoms with Crippen LogP contribution in [0.1, 0.15) is 16.7 Å². The molecule has 0 aliphatic heterocycles. The highest BCUT2D eigenvalue weighted by atomic mass is 16.2. The van der Waals surface area contributed by atoms with Gasteiger partial charge in [-0.2, -0.15) is 0 Å². The smallest absolute Gasteiger partial charge is 0.244 e. The molecule has 0 aromatic heterocycles. The summed E-state index contributed by atoms with van der Waals surface area (Å²) in [4.78, 5) is 37.1. The van der Waals surface area contributed by atoms with Crippen LogP contribution in [-0.2, 0) is 27.2 Å². The van der Waals surface area contributed by atoms with Crippen molar-refractivity contribution in [2.45, 2.75) is 24.9 Å². The first-order valence-electron chi connectivity index (χ1n) is 10.5. The fourth-order valence-corrected chi connectivity index (χ4v) is 3.30. The van der Waals surface area contributed by atoms with E-state index in [0.29, 0.717) is 12.8 Å². The predicted octanol–water partition coefficient (Wildman–Crippen LogP) is 3.35. The van der Waals surface area contributed by atoms with Gasteiger partial charge in [-0.15, -0.1) is 0 Å². The molecule has 3 aromatic carbocycles. The van der Waals surface area contributed by atoms with Crippen LogP contribution in [0.25, 0.3) is 6.08 Å². The number of benzene rings is 3. The summed E-state index contributed by atoms with van der Waals surface area (Å²) < 4.78 is 0. The Morgan fingerprint density at radius 3 is 1.81 bits per heavy atom. The zero-order chi connectivity index (χ0) is 22.6. The molecule has 3 rings (SSSR count). The number of hydrogen-bond acceptors (Lipinski definition) is 3. The third kappa shape index (κ3) is 7.36. The fraction of sp³-hybridized carbons (Fsp3) is 0.148. The highest BCUT2D eigenvalue weighted by molar-refractivity contribution is 5.96. The van der Waals surface area contributed by atoms with Crippen molar-refractivity contribution in [3.05, 3.63) is 114 Å². The van der Waals surface area contributed by atoms with Gasteiger partial charge in [-0.1, -0.05) is 91.0 Å². The van der Waals surface area contributed by atoms with Crippen LogP contribution in [0.4, 0.5) is 0 Å². The summed E-state index contributed by atoms with van der Waals surface area (Å²) in [6.45, 7) is 0. The van der Waals surface area contributed by atoms with Gasteiger partial charge >= 0.3 is 0 Å². The molecule has 32 heavy (non-hydrogen) atoms. The van der Waals surface area contributed by atoms with Gasteiger partial charge in [0.15, 0.2) is 0 Å². The summed E-state index contributed by atoms with van der Waals surface area (Å²) in [5.74, 6) is -0.779. The molecule has 0 bridgehead atoms. The van der Waals surface area contributed by atoms with Crippen molar-refractivity contribution in [1.82, 2.24) is 10.6 Å². The molecule has 5 nitrogen and oxygen atoms in total. The van der Waals surface area contributed by atoms with Crippen molar-refractivity contribution in [2.24, 2.45) is 0 Å². The number of amides is 2. The molecule has 162 valence electrons. The molecule has 0 spiro atoms. The molecule has 0 radical (unpaired) electrons. The van der Waals surface area contributed by atoms with Gasteiger partial charge in [-0.25, -0.2) is 0 Å². The normalized spacial score (nSPS) is 12.6. The summed E-state index contributed by atoms with van der Waals surface area (Å²) in [7, 11) is 0. The number of hydrogen-bond donors (Lipinski definition) is 2. The molecular formula is C27H26N2O3. The predicted molar refractivity (Wildman–Crippen MR) is 126 cm³/mol. The zero-order valence-electron chi connectivity index (χ0n) is 17.7. The van der Waals surface area contributed by atoms with Gasteiger partial charge in [-0.3, -0.25) is 9.59 Å². The summed E-state index contributed by atoms with van der Waals surface area (Å²) in [5, 5.41) is 5.54. The van der Waals surface area contributed by atoms with Gasteiger partial charge in [0.2, 0.25) is 11.8 Å². The molecule has 2 atom stereocenters. The Kier molecular flexibility index (Phi) is 8.51. The van der Waals surface area contributed by atoms with Crippen LogP contribution in [0.15, 0.2) is 97.1 Å². The van der Waals surface area contributed by atoms with E-state index < -0.39 is 18.0 Å². The third-order valence-corrected chi connectivity index (χ3v) is 4.93. The number of aldehydes is 1. The van der Waals surface area contributed by atoms with Crippen molar-refractivity contribution in [3.8, 4) is 0 Å². The molecule has 0 aliphatic carbocycles. The molecule has 2 amide bonds. The Hall–Kier alpha value is -3.99. The molecule has 2 N–H and O–H groups in total. The molecule has 2 unspecified atom stereocenters. The Morgan fingerprint density at radius 1 is 0.719 bits per heavy atom. The second-order valence-corrected chi connectivity index (χ2v) is 7.44. The van der Waals surface area contributed by atoms with Gasteiger partial charge in [-0.05, 0) is 29.2 Å². The topological polar surface area (TPSA) is 75.3 Å². The van der Waals surface area contributed by atoms with E-state index in [1.807, 2.05) is 91.0 Å². The van der Waals surface area contributed by atoms with Crippen LogP contribution in [-0.4, -0.2) is 30.2 Å². The SMILES string of the molecule is O=CC(Cc1ccccc1)NC(=O)C(Cc1ccccc1)NC(=O)C=Cc1ccccc1. The first-order chi connectivity index (χ1) is 15.6. The lowest BCUT2D eigenvalue weighted by atomic mass is 10.0. The van der Waals surface area contributed by atoms with Crippen LogP contribution in [0.5, 0.6) is 0 Å². The minimum absolute atomic E-state index is 0.314. The van der Waals surface area contributed by atoms with E-state index in [1.54, 1.807) is 6.08 Å². The van der Waals surface area contributed by atoms with Gasteiger partial charge < -0.3 is 15.4 Å². The van der Waals surface area contributed by atoms with Crippen LogP contribution in [0.3, 0.4) is 0 Å². The number of rotatable bonds is 10. The summed E-state index contributed by atoms with van der Waals surface area (Å²) in [6, 6.07) is 26.9. The lowest BCUT2D eigenvalue weighted by Gasteiger charge is -2.20. The van der Waals surface area contributed by atoms with Gasteiger partial charge in [0.1, 0.15) is 12.3 Å². The number of carbonyl (C=O) groups is 3. The Labute approximate surface area is 188 Å². The van der Waals surface area contributed by atoms with E-state index in [-0.39, 0.29) is 5.91 Å². The van der Waals surface area contributed by atoms with Crippen molar-refractivity contribution in [1.29, 1.82) is 0 Å². The van der Waals surface area contributed by atoms with Crippen LogP contribution < -0.4 is 10.6 Å². The van der Waals surface area contributed by atoms with E-state index >= 15 is 0 Å². The van der Waals surface area contributed by atoms with Crippen LogP contribution in [0.2, 0.25) is 0 Å². The van der Waals surface area contributed by atoms with E-state index in [1.165, 1.54) is 6.08 Å². The lowest BCUT2D eigenvalue weighted by molar-refractivity contribution is -0.128. The Bertz CT molecular complexity index is 1030. The summed E-state index contributed by atoms with van der Waals surface area (Å²) in [5.41, 5.74) is 2.74. The first-order valence-corrected chi connectivity index (χ1v) is 10.5. The Morgan fingerprint density at radius 2 is 1.25 bits per heavy atom. The number of carbonyl (C=O) groups excluding carboxylic acids is 3. The quantitative estimate of drug-likeness (QED) is 0.386. The molecule has 3 aromatic rings. The lowest BCUT2D eigenvalue weighted by Crippen LogP contribution is -2.51. The third-order valence-electron chi connectivity index (χ3n) is 4.93. The summed E-state index contributed by atoms with van der Waals surface area (Å²) in [6.07, 6.45) is 4.52. The highest BCUT2D eigenvalue weighted by Gasteiger charge is 2.23. The van der Waals surface area contributed by atoms with Crippen molar-refractivity contribution in [3.63, 3.8) is 0 Å². The fourth-order valence-electron chi connectivity index (χ4n) is 3.30. The first kappa shape index (κ1) is 22.7. The van der Waals surface area contributed by atoms with E-state index in [2.05, 4.69) is 10.6 Å². The highest BCUT2D eigenvalue weighted by Crippen LogP contribution is 2.07. The molecular weight excluding hydrogens is 400 g/mol.